The minimum Gasteiger partial charge on any atom is -0.375 e. The monoisotopic (exact) mass is 509 g/mol. The van der Waals surface area contributed by atoms with E-state index in [0.29, 0.717) is 11.1 Å². The molecule has 0 saturated carbocycles. The van der Waals surface area contributed by atoms with E-state index < -0.39 is 33.7 Å². The molecule has 2 aromatic heterocycles. The summed E-state index contributed by atoms with van der Waals surface area (Å²) in [6, 6.07) is 13.0. The van der Waals surface area contributed by atoms with Crippen LogP contribution in [0.15, 0.2) is 52.9 Å². The van der Waals surface area contributed by atoms with Crippen LogP contribution in [0.4, 0.5) is 13.2 Å². The molecule has 4 rings (SSSR count). The second-order valence-corrected chi connectivity index (χ2v) is 11.5. The van der Waals surface area contributed by atoms with Crippen LogP contribution in [-0.2, 0) is 22.0 Å². The zero-order valence-corrected chi connectivity index (χ0v) is 20.2. The van der Waals surface area contributed by atoms with Crippen LogP contribution in [0.3, 0.4) is 0 Å². The van der Waals surface area contributed by atoms with Crippen molar-refractivity contribution in [2.75, 3.05) is 6.26 Å². The first-order valence-corrected chi connectivity index (χ1v) is 13.1. The van der Waals surface area contributed by atoms with Crippen LogP contribution in [0.25, 0.3) is 21.2 Å². The average molecular weight is 510 g/mol. The molecule has 0 aliphatic rings. The van der Waals surface area contributed by atoms with E-state index >= 15 is 0 Å². The van der Waals surface area contributed by atoms with Crippen LogP contribution < -0.4 is 0 Å². The first-order chi connectivity index (χ1) is 15.8. The molecule has 34 heavy (non-hydrogen) atoms. The van der Waals surface area contributed by atoms with Crippen LogP contribution in [0.1, 0.15) is 30.2 Å². The maximum absolute atomic E-state index is 13.3. The molecule has 0 fully saturated rings. The van der Waals surface area contributed by atoms with Crippen molar-refractivity contribution in [1.82, 2.24) is 15.0 Å². The lowest BCUT2D eigenvalue weighted by atomic mass is 9.96. The third-order valence-corrected chi connectivity index (χ3v) is 8.67. The minimum absolute atomic E-state index is 0.104. The van der Waals surface area contributed by atoms with Crippen molar-refractivity contribution in [2.24, 2.45) is 0 Å². The Labute approximate surface area is 198 Å². The van der Waals surface area contributed by atoms with Gasteiger partial charge in [-0.1, -0.05) is 54.1 Å². The molecule has 180 valence electrons. The molecule has 0 aliphatic carbocycles. The number of thiophene rings is 1. The van der Waals surface area contributed by atoms with Crippen LogP contribution in [0.5, 0.6) is 0 Å². The maximum atomic E-state index is 13.3. The Morgan fingerprint density at radius 1 is 1.12 bits per heavy atom. The fourth-order valence-electron chi connectivity index (χ4n) is 3.75. The van der Waals surface area contributed by atoms with Gasteiger partial charge in [0.15, 0.2) is 9.84 Å². The zero-order chi connectivity index (χ0) is 24.9. The van der Waals surface area contributed by atoms with Gasteiger partial charge in [0.25, 0.3) is 0 Å². The number of hydrogen-bond acceptors (Lipinski definition) is 6. The summed E-state index contributed by atoms with van der Waals surface area (Å²) >= 11 is 1.15. The average Bonchev–Trinajstić information content (AvgIpc) is 3.37. The molecule has 1 unspecified atom stereocenters. The lowest BCUT2D eigenvalue weighted by Crippen LogP contribution is -2.42. The maximum Gasteiger partial charge on any atom is 0.423 e. The largest absolute Gasteiger partial charge is 0.423 e. The topological polar surface area (TPSA) is 85.1 Å². The van der Waals surface area contributed by atoms with Gasteiger partial charge in [-0.15, -0.1) is 16.4 Å². The number of fused-ring (bicyclic) bond motifs is 1. The van der Waals surface area contributed by atoms with E-state index in [4.69, 9.17) is 0 Å². The van der Waals surface area contributed by atoms with Crippen LogP contribution in [-0.4, -0.2) is 41.0 Å². The smallest absolute Gasteiger partial charge is 0.375 e. The fourth-order valence-corrected chi connectivity index (χ4v) is 6.24. The van der Waals surface area contributed by atoms with Gasteiger partial charge in [0.05, 0.1) is 12.7 Å². The summed E-state index contributed by atoms with van der Waals surface area (Å²) in [5.41, 5.74) is -0.462. The normalized spacial score (nSPS) is 14.4. The Morgan fingerprint density at radius 3 is 2.38 bits per heavy atom. The number of hydrogen-bond donors (Lipinski definition) is 1. The van der Waals surface area contributed by atoms with E-state index in [9.17, 15) is 26.7 Å². The number of nitrogens with zero attached hydrogens (tertiary/aromatic N) is 3. The van der Waals surface area contributed by atoms with Gasteiger partial charge in [0.1, 0.15) is 9.90 Å². The highest BCUT2D eigenvalue weighted by Crippen LogP contribution is 2.42. The predicted octanol–water partition coefficient (Wildman–Crippen LogP) is 5.08. The molecule has 0 radical (unpaired) electrons. The lowest BCUT2D eigenvalue weighted by Gasteiger charge is -2.26. The SMILES string of the molecule is CCC(O)(c1cn(Cc2ccc3c(-c4ccc(C)cc4)c(S(C)(=O)=O)sc3c2)nn1)C(F)(F)F. The van der Waals surface area contributed by atoms with Crippen molar-refractivity contribution in [2.45, 2.75) is 42.8 Å². The van der Waals surface area contributed by atoms with E-state index in [1.54, 1.807) is 18.2 Å². The van der Waals surface area contributed by atoms with Crippen LogP contribution in [0, 0.1) is 6.92 Å². The van der Waals surface area contributed by atoms with E-state index in [0.717, 1.165) is 38.7 Å². The molecule has 0 spiro atoms. The molecular weight excluding hydrogens is 487 g/mol. The van der Waals surface area contributed by atoms with Crippen LogP contribution in [0.2, 0.25) is 0 Å². The highest BCUT2D eigenvalue weighted by molar-refractivity contribution is 7.93. The quantitative estimate of drug-likeness (QED) is 0.392. The minimum atomic E-state index is -4.88. The first kappa shape index (κ1) is 24.4. The summed E-state index contributed by atoms with van der Waals surface area (Å²) in [5.74, 6) is 0. The molecule has 0 bridgehead atoms. The zero-order valence-electron chi connectivity index (χ0n) is 18.6. The summed E-state index contributed by atoms with van der Waals surface area (Å²) in [6.07, 6.45) is -3.22. The van der Waals surface area contributed by atoms with Crippen molar-refractivity contribution in [1.29, 1.82) is 0 Å². The van der Waals surface area contributed by atoms with Gasteiger partial charge in [0.2, 0.25) is 5.60 Å². The molecule has 1 atom stereocenters. The first-order valence-electron chi connectivity index (χ1n) is 10.4. The molecular formula is C23H22F3N3O3S2. The van der Waals surface area contributed by atoms with Crippen molar-refractivity contribution in [3.05, 3.63) is 65.5 Å². The third kappa shape index (κ3) is 4.35. The van der Waals surface area contributed by atoms with Crippen molar-refractivity contribution in [3.8, 4) is 11.1 Å². The number of aryl methyl sites for hydroxylation is 1. The molecule has 11 heteroatoms. The molecule has 2 aromatic carbocycles. The summed E-state index contributed by atoms with van der Waals surface area (Å²) in [6.45, 7) is 3.28. The summed E-state index contributed by atoms with van der Waals surface area (Å²) in [5, 5.41) is 18.2. The molecule has 2 heterocycles. The molecule has 0 saturated heterocycles. The highest BCUT2D eigenvalue weighted by Gasteiger charge is 2.55. The molecule has 4 aromatic rings. The standard InChI is InChI=1S/C23H22F3N3O3S2/c1-4-22(30,23(24,25)26)19-13-29(28-27-19)12-15-7-10-17-18(11-15)33-21(34(3,31)32)20(17)16-8-5-14(2)6-9-16/h5-11,13,30H,4,12H2,1-3H3. The second kappa shape index (κ2) is 8.47. The number of rotatable bonds is 6. The van der Waals surface area contributed by atoms with Gasteiger partial charge in [-0.25, -0.2) is 13.1 Å². The molecule has 0 aliphatic heterocycles. The second-order valence-electron chi connectivity index (χ2n) is 8.25. The Kier molecular flexibility index (Phi) is 6.07. The molecule has 6 nitrogen and oxygen atoms in total. The van der Waals surface area contributed by atoms with Crippen molar-refractivity contribution < 1.29 is 26.7 Å². The van der Waals surface area contributed by atoms with E-state index in [2.05, 4.69) is 10.3 Å². The Morgan fingerprint density at radius 2 is 1.79 bits per heavy atom. The highest BCUT2D eigenvalue weighted by atomic mass is 32.2. The van der Waals surface area contributed by atoms with E-state index in [1.165, 1.54) is 17.9 Å². The van der Waals surface area contributed by atoms with Gasteiger partial charge in [-0.2, -0.15) is 13.2 Å². The summed E-state index contributed by atoms with van der Waals surface area (Å²) < 4.78 is 67.2. The van der Waals surface area contributed by atoms with Gasteiger partial charge >= 0.3 is 6.18 Å². The van der Waals surface area contributed by atoms with Crippen molar-refractivity contribution >= 4 is 31.3 Å². The predicted molar refractivity (Wildman–Crippen MR) is 124 cm³/mol. The number of halogens is 3. The molecule has 0 amide bonds. The number of aliphatic hydroxyl groups is 1. The Bertz CT molecular complexity index is 1460. The number of benzene rings is 2. The van der Waals surface area contributed by atoms with Gasteiger partial charge in [0, 0.05) is 21.9 Å². The number of alkyl halides is 3. The van der Waals surface area contributed by atoms with Crippen LogP contribution >= 0.6 is 11.3 Å². The lowest BCUT2D eigenvalue weighted by molar-refractivity contribution is -0.269. The fraction of sp³-hybridized carbons (Fsp3) is 0.304. The van der Waals surface area contributed by atoms with Gasteiger partial charge < -0.3 is 5.11 Å². The Balaban J connectivity index is 1.73. The summed E-state index contributed by atoms with van der Waals surface area (Å²) in [7, 11) is -3.50. The van der Waals surface area contributed by atoms with E-state index in [1.807, 2.05) is 31.2 Å². The Hall–Kier alpha value is -2.76. The molecule has 1 N–H and O–H groups in total. The summed E-state index contributed by atoms with van der Waals surface area (Å²) in [4.78, 5) is 0. The van der Waals surface area contributed by atoms with Gasteiger partial charge in [-0.05, 0) is 30.5 Å². The van der Waals surface area contributed by atoms with Gasteiger partial charge in [-0.3, -0.25) is 0 Å². The van der Waals surface area contributed by atoms with E-state index in [-0.39, 0.29) is 10.8 Å². The number of sulfone groups is 1. The third-order valence-electron chi connectivity index (χ3n) is 5.69. The van der Waals surface area contributed by atoms with Crippen molar-refractivity contribution in [3.63, 3.8) is 0 Å². The number of aromatic nitrogens is 3.